The maximum Gasteiger partial charge on any atom is 0.408 e. The van der Waals surface area contributed by atoms with Gasteiger partial charge in [0.25, 0.3) is 11.8 Å². The number of nitrogens with one attached hydrogen (secondary N) is 2. The first kappa shape index (κ1) is 28.8. The molecule has 9 nitrogen and oxygen atoms in total. The van der Waals surface area contributed by atoms with Crippen molar-refractivity contribution in [3.63, 3.8) is 0 Å². The highest BCUT2D eigenvalue weighted by atomic mass is 32.2. The Kier molecular flexibility index (Phi) is 7.85. The van der Waals surface area contributed by atoms with Crippen molar-refractivity contribution in [1.29, 1.82) is 0 Å². The minimum absolute atomic E-state index is 0.00101. The van der Waals surface area contributed by atoms with Gasteiger partial charge in [-0.05, 0) is 63.5 Å². The molecule has 2 aromatic rings. The highest BCUT2D eigenvalue weighted by Gasteiger charge is 2.44. The molecule has 2 amide bonds. The molecule has 2 bridgehead atoms. The van der Waals surface area contributed by atoms with Crippen LogP contribution in [0.15, 0.2) is 12.3 Å². The van der Waals surface area contributed by atoms with Gasteiger partial charge in [0.2, 0.25) is 0 Å². The summed E-state index contributed by atoms with van der Waals surface area (Å²) in [5.41, 5.74) is 1.23. The van der Waals surface area contributed by atoms with Crippen molar-refractivity contribution >= 4 is 38.8 Å². The molecular formula is C26H32F3N5O4S2. The molecule has 0 aromatic carbocycles. The number of halogens is 3. The number of hydrogen-bond donors (Lipinski definition) is 2. The Bertz CT molecular complexity index is 1380. The minimum Gasteiger partial charge on any atom is -0.359 e. The molecule has 40 heavy (non-hydrogen) atoms. The van der Waals surface area contributed by atoms with Crippen LogP contribution in [0.2, 0.25) is 0 Å². The van der Waals surface area contributed by atoms with E-state index in [1.54, 1.807) is 6.92 Å². The van der Waals surface area contributed by atoms with Gasteiger partial charge in [-0.3, -0.25) is 9.59 Å². The molecule has 218 valence electrons. The van der Waals surface area contributed by atoms with Gasteiger partial charge in [-0.1, -0.05) is 6.92 Å². The zero-order chi connectivity index (χ0) is 28.8. The van der Waals surface area contributed by atoms with Crippen LogP contribution in [-0.4, -0.2) is 76.9 Å². The monoisotopic (exact) mass is 599 g/mol. The van der Waals surface area contributed by atoms with Gasteiger partial charge in [0.05, 0.1) is 16.4 Å². The average molecular weight is 600 g/mol. The van der Waals surface area contributed by atoms with Crippen molar-refractivity contribution in [2.45, 2.75) is 89.1 Å². The molecule has 0 radical (unpaired) electrons. The van der Waals surface area contributed by atoms with Crippen molar-refractivity contribution in [2.75, 3.05) is 16.8 Å². The van der Waals surface area contributed by atoms with Crippen molar-refractivity contribution in [1.82, 2.24) is 20.2 Å². The molecule has 3 fully saturated rings. The van der Waals surface area contributed by atoms with Gasteiger partial charge in [0.15, 0.2) is 5.01 Å². The Hall–Kier alpha value is -2.74. The van der Waals surface area contributed by atoms with Gasteiger partial charge in [-0.15, -0.1) is 11.3 Å². The molecule has 2 N–H and O–H groups in total. The van der Waals surface area contributed by atoms with E-state index in [-0.39, 0.29) is 58.5 Å². The summed E-state index contributed by atoms with van der Waals surface area (Å²) in [5, 5.41) is 5.36. The van der Waals surface area contributed by atoms with Crippen LogP contribution in [0.5, 0.6) is 0 Å². The summed E-state index contributed by atoms with van der Waals surface area (Å²) in [7, 11) is -3.10. The number of fused-ring (bicyclic) bond motifs is 2. The third kappa shape index (κ3) is 5.83. The van der Waals surface area contributed by atoms with Crippen molar-refractivity contribution < 1.29 is 31.2 Å². The number of amides is 2. The third-order valence-corrected chi connectivity index (χ3v) is 10.9. The van der Waals surface area contributed by atoms with E-state index in [0.29, 0.717) is 28.8 Å². The molecule has 3 saturated heterocycles. The molecule has 5 rings (SSSR count). The summed E-state index contributed by atoms with van der Waals surface area (Å²) in [6, 6.07) is -0.299. The van der Waals surface area contributed by atoms with Gasteiger partial charge in [-0.25, -0.2) is 18.4 Å². The first-order valence-electron chi connectivity index (χ1n) is 13.5. The number of rotatable bonds is 7. The Morgan fingerprint density at radius 2 is 1.75 bits per heavy atom. The molecule has 14 heteroatoms. The van der Waals surface area contributed by atoms with Crippen molar-refractivity contribution in [2.24, 2.45) is 0 Å². The van der Waals surface area contributed by atoms with Crippen LogP contribution in [0.25, 0.3) is 10.4 Å². The fraction of sp³-hybridized carbons (Fsp3) is 0.615. The quantitative estimate of drug-likeness (QED) is 0.486. The summed E-state index contributed by atoms with van der Waals surface area (Å²) in [5.74, 6) is -0.685. The molecule has 3 aliphatic rings. The fourth-order valence-corrected chi connectivity index (χ4v) is 8.39. The van der Waals surface area contributed by atoms with E-state index in [0.717, 1.165) is 37.0 Å². The van der Waals surface area contributed by atoms with E-state index in [1.807, 2.05) is 4.90 Å². The maximum atomic E-state index is 13.8. The van der Waals surface area contributed by atoms with Crippen LogP contribution in [0, 0.1) is 6.92 Å². The van der Waals surface area contributed by atoms with Gasteiger partial charge in [-0.2, -0.15) is 13.2 Å². The number of alkyl halides is 3. The predicted octanol–water partition coefficient (Wildman–Crippen LogP) is 4.34. The van der Waals surface area contributed by atoms with Crippen LogP contribution in [0.3, 0.4) is 0 Å². The molecule has 1 atom stereocenters. The van der Waals surface area contributed by atoms with Crippen LogP contribution in [-0.2, 0) is 9.84 Å². The van der Waals surface area contributed by atoms with Gasteiger partial charge in [0.1, 0.15) is 27.4 Å². The van der Waals surface area contributed by atoms with Gasteiger partial charge < -0.3 is 15.5 Å². The summed E-state index contributed by atoms with van der Waals surface area (Å²) < 4.78 is 63.4. The van der Waals surface area contributed by atoms with E-state index < -0.39 is 28.0 Å². The van der Waals surface area contributed by atoms with Crippen LogP contribution < -0.4 is 10.6 Å². The Morgan fingerprint density at radius 3 is 2.30 bits per heavy atom. The minimum atomic E-state index is -4.43. The predicted molar refractivity (Wildman–Crippen MR) is 145 cm³/mol. The van der Waals surface area contributed by atoms with Crippen molar-refractivity contribution in [3.8, 4) is 10.4 Å². The average Bonchev–Trinajstić information content (AvgIpc) is 3.62. The SMILES string of the molecule is CC[C@H](Nc1cc(C)c(-c2sc(C(=O)NC3CCS(=O)(=O)CC3)nc2C(=O)N2C3CCC2CC3)cn1)C(F)(F)F. The molecule has 5 heterocycles. The number of sulfone groups is 1. The summed E-state index contributed by atoms with van der Waals surface area (Å²) >= 11 is 1.03. The standard InChI is InChI=1S/C26H32F3N5O4S2/c1-3-19(26(27,28)29)32-20-12-14(2)18(13-30-20)22-21(25(36)34-16-4-5-17(34)7-6-16)33-24(39-22)23(35)31-15-8-10-40(37,38)11-9-15/h12-13,15-17,19H,3-11H2,1-2H3,(H,30,32)(H,31,35)/t16?,17?,19-/m0/s1. The second kappa shape index (κ2) is 10.9. The van der Waals surface area contributed by atoms with E-state index in [4.69, 9.17) is 0 Å². The van der Waals surface area contributed by atoms with E-state index in [9.17, 15) is 31.2 Å². The van der Waals surface area contributed by atoms with Crippen LogP contribution in [0.1, 0.15) is 77.7 Å². The Balaban J connectivity index is 1.45. The van der Waals surface area contributed by atoms with Gasteiger partial charge >= 0.3 is 6.18 Å². The number of carbonyl (C=O) groups excluding carboxylic acids is 2. The zero-order valence-electron chi connectivity index (χ0n) is 22.3. The first-order valence-corrected chi connectivity index (χ1v) is 16.1. The summed E-state index contributed by atoms with van der Waals surface area (Å²) in [6.07, 6.45) is 1.13. The second-order valence-corrected chi connectivity index (χ2v) is 14.1. The lowest BCUT2D eigenvalue weighted by Gasteiger charge is -2.22. The van der Waals surface area contributed by atoms with Crippen molar-refractivity contribution in [3.05, 3.63) is 28.5 Å². The molecular weight excluding hydrogens is 567 g/mol. The number of aromatic nitrogens is 2. The molecule has 0 aliphatic carbocycles. The molecule has 3 aliphatic heterocycles. The highest BCUT2D eigenvalue weighted by molar-refractivity contribution is 7.91. The number of anilines is 1. The van der Waals surface area contributed by atoms with E-state index in [1.165, 1.54) is 19.2 Å². The normalized spacial score (nSPS) is 23.3. The lowest BCUT2D eigenvalue weighted by atomic mass is 10.0. The Labute approximate surface area is 234 Å². The molecule has 2 aromatic heterocycles. The van der Waals surface area contributed by atoms with E-state index >= 15 is 0 Å². The number of hydrogen-bond acceptors (Lipinski definition) is 8. The van der Waals surface area contributed by atoms with Gasteiger partial charge in [0, 0.05) is 29.9 Å². The van der Waals surface area contributed by atoms with Crippen LogP contribution in [0.4, 0.5) is 19.0 Å². The van der Waals surface area contributed by atoms with E-state index in [2.05, 4.69) is 20.6 Å². The summed E-state index contributed by atoms with van der Waals surface area (Å²) in [6.45, 7) is 3.15. The summed E-state index contributed by atoms with van der Waals surface area (Å²) in [4.78, 5) is 37.9. The highest BCUT2D eigenvalue weighted by Crippen LogP contribution is 2.41. The lowest BCUT2D eigenvalue weighted by Crippen LogP contribution is -2.41. The number of thiazole rings is 1. The van der Waals surface area contributed by atoms with Crippen LogP contribution >= 0.6 is 11.3 Å². The topological polar surface area (TPSA) is 121 Å². The maximum absolute atomic E-state index is 13.8. The fourth-order valence-electron chi connectivity index (χ4n) is 5.86. The number of pyridine rings is 1. The molecule has 0 unspecified atom stereocenters. The largest absolute Gasteiger partial charge is 0.408 e. The number of nitrogens with zero attached hydrogens (tertiary/aromatic N) is 3. The molecule has 0 saturated carbocycles. The first-order chi connectivity index (χ1) is 18.9. The smallest absolute Gasteiger partial charge is 0.359 e. The number of carbonyl (C=O) groups is 2. The second-order valence-electron chi connectivity index (χ2n) is 10.8. The Morgan fingerprint density at radius 1 is 1.12 bits per heavy atom. The zero-order valence-corrected chi connectivity index (χ0v) is 23.9. The lowest BCUT2D eigenvalue weighted by molar-refractivity contribution is -0.142. The molecule has 0 spiro atoms. The number of aryl methyl sites for hydroxylation is 1. The third-order valence-electron chi connectivity index (χ3n) is 8.08.